The highest BCUT2D eigenvalue weighted by Gasteiger charge is 2.29. The maximum Gasteiger partial charge on any atom is 0.422 e. The first-order valence-electron chi connectivity index (χ1n) is 7.21. The number of nitrogens with one attached hydrogen (secondary N) is 3. The van der Waals surface area contributed by atoms with Crippen molar-refractivity contribution in [3.8, 4) is 5.75 Å². The predicted molar refractivity (Wildman–Crippen MR) is 87.9 cm³/mol. The Morgan fingerprint density at radius 1 is 1.20 bits per heavy atom. The van der Waals surface area contributed by atoms with Crippen molar-refractivity contribution in [2.45, 2.75) is 32.5 Å². The van der Waals surface area contributed by atoms with Gasteiger partial charge in [0.25, 0.3) is 0 Å². The van der Waals surface area contributed by atoms with Crippen molar-refractivity contribution in [2.24, 2.45) is 0 Å². The van der Waals surface area contributed by atoms with Gasteiger partial charge in [-0.05, 0) is 39.0 Å². The molecular weight excluding hydrogens is 363 g/mol. The van der Waals surface area contributed by atoms with Crippen molar-refractivity contribution in [1.29, 1.82) is 0 Å². The normalized spacial score (nSPS) is 11.6. The van der Waals surface area contributed by atoms with Crippen molar-refractivity contribution in [2.75, 3.05) is 18.5 Å². The molecule has 0 aliphatic rings. The lowest BCUT2D eigenvalue weighted by molar-refractivity contribution is -0.153. The average Bonchev–Trinajstić information content (AvgIpc) is 2.40. The minimum absolute atomic E-state index is 0.100. The number of anilines is 1. The Balaban J connectivity index is 2.65. The van der Waals surface area contributed by atoms with Gasteiger partial charge in [0.15, 0.2) is 6.61 Å². The highest BCUT2D eigenvalue weighted by Crippen LogP contribution is 2.29. The highest BCUT2D eigenvalue weighted by molar-refractivity contribution is 6.30. The topological polar surface area (TPSA) is 79.5 Å². The molecule has 0 unspecified atom stereocenters. The largest absolute Gasteiger partial charge is 0.482 e. The van der Waals surface area contributed by atoms with Crippen molar-refractivity contribution >= 4 is 29.2 Å². The quantitative estimate of drug-likeness (QED) is 0.731. The molecule has 1 aromatic rings. The second kappa shape index (κ2) is 8.28. The fourth-order valence-corrected chi connectivity index (χ4v) is 1.82. The second-order valence-electron chi connectivity index (χ2n) is 6.15. The molecule has 0 fully saturated rings. The standard InChI is InChI=1S/C15H19ClF3N3O3/c1-14(2,3)22-13(24)21-12(23)7-20-10-6-9(16)4-5-11(10)25-8-15(17,18)19/h4-6,20H,7-8H2,1-3H3,(H2,21,22,23,24). The van der Waals surface area contributed by atoms with E-state index in [1.165, 1.54) is 18.2 Å². The number of rotatable bonds is 5. The van der Waals surface area contributed by atoms with Gasteiger partial charge >= 0.3 is 12.2 Å². The molecule has 3 amide bonds. The SMILES string of the molecule is CC(C)(C)NC(=O)NC(=O)CNc1cc(Cl)ccc1OCC(F)(F)F. The van der Waals surface area contributed by atoms with Crippen LogP contribution in [-0.4, -0.2) is 36.8 Å². The van der Waals surface area contributed by atoms with Gasteiger partial charge in [-0.1, -0.05) is 11.6 Å². The summed E-state index contributed by atoms with van der Waals surface area (Å²) in [6.07, 6.45) is -4.50. The number of hydrogen-bond acceptors (Lipinski definition) is 4. The molecule has 0 radical (unpaired) electrons. The molecular formula is C15H19ClF3N3O3. The minimum atomic E-state index is -4.50. The van der Waals surface area contributed by atoms with Crippen LogP contribution in [0.2, 0.25) is 5.02 Å². The molecule has 0 bridgehead atoms. The Morgan fingerprint density at radius 2 is 1.84 bits per heavy atom. The lowest BCUT2D eigenvalue weighted by Crippen LogP contribution is -2.49. The van der Waals surface area contributed by atoms with Crippen LogP contribution in [0.3, 0.4) is 0 Å². The Bertz CT molecular complexity index is 631. The average molecular weight is 382 g/mol. The van der Waals surface area contributed by atoms with Crippen LogP contribution in [0.25, 0.3) is 0 Å². The van der Waals surface area contributed by atoms with E-state index in [1.807, 2.05) is 0 Å². The van der Waals surface area contributed by atoms with Crippen LogP contribution in [0.5, 0.6) is 5.75 Å². The number of halogens is 4. The van der Waals surface area contributed by atoms with Gasteiger partial charge < -0.3 is 15.4 Å². The molecule has 0 aliphatic heterocycles. The molecule has 0 saturated carbocycles. The lowest BCUT2D eigenvalue weighted by atomic mass is 10.1. The summed E-state index contributed by atoms with van der Waals surface area (Å²) in [6, 6.07) is 3.24. The van der Waals surface area contributed by atoms with E-state index in [0.29, 0.717) is 0 Å². The summed E-state index contributed by atoms with van der Waals surface area (Å²) >= 11 is 5.80. The summed E-state index contributed by atoms with van der Waals surface area (Å²) in [7, 11) is 0. The summed E-state index contributed by atoms with van der Waals surface area (Å²) in [6.45, 7) is 3.38. The van der Waals surface area contributed by atoms with E-state index in [2.05, 4.69) is 20.7 Å². The first kappa shape index (κ1) is 20.9. The van der Waals surface area contributed by atoms with E-state index in [0.717, 1.165) is 0 Å². The number of amides is 3. The smallest absolute Gasteiger partial charge is 0.422 e. The van der Waals surface area contributed by atoms with Crippen molar-refractivity contribution < 1.29 is 27.5 Å². The van der Waals surface area contributed by atoms with Gasteiger partial charge in [-0.25, -0.2) is 4.79 Å². The van der Waals surface area contributed by atoms with Gasteiger partial charge in [0.05, 0.1) is 12.2 Å². The predicted octanol–water partition coefficient (Wildman–Crippen LogP) is 3.32. The third-order valence-electron chi connectivity index (χ3n) is 2.51. The first-order valence-corrected chi connectivity index (χ1v) is 7.58. The van der Waals surface area contributed by atoms with Crippen LogP contribution in [0.4, 0.5) is 23.7 Å². The fourth-order valence-electron chi connectivity index (χ4n) is 1.64. The summed E-state index contributed by atoms with van der Waals surface area (Å²) in [4.78, 5) is 23.3. The molecule has 0 aromatic heterocycles. The summed E-state index contributed by atoms with van der Waals surface area (Å²) < 4.78 is 41.5. The summed E-state index contributed by atoms with van der Waals surface area (Å²) in [5, 5.41) is 7.46. The molecule has 0 saturated heterocycles. The molecule has 25 heavy (non-hydrogen) atoms. The number of benzene rings is 1. The van der Waals surface area contributed by atoms with Crippen LogP contribution in [-0.2, 0) is 4.79 Å². The Kier molecular flexibility index (Phi) is 6.92. The zero-order valence-corrected chi connectivity index (χ0v) is 14.6. The Hall–Kier alpha value is -2.16. The van der Waals surface area contributed by atoms with E-state index in [4.69, 9.17) is 11.6 Å². The molecule has 0 atom stereocenters. The Morgan fingerprint density at radius 3 is 2.40 bits per heavy atom. The second-order valence-corrected chi connectivity index (χ2v) is 6.59. The molecule has 140 valence electrons. The highest BCUT2D eigenvalue weighted by atomic mass is 35.5. The third kappa shape index (κ3) is 9.04. The van der Waals surface area contributed by atoms with Crippen molar-refractivity contribution in [1.82, 2.24) is 10.6 Å². The number of carbonyl (C=O) groups is 2. The zero-order valence-electron chi connectivity index (χ0n) is 13.9. The lowest BCUT2D eigenvalue weighted by Gasteiger charge is -2.20. The number of imide groups is 1. The molecule has 0 heterocycles. The van der Waals surface area contributed by atoms with E-state index in [1.54, 1.807) is 20.8 Å². The molecule has 1 rings (SSSR count). The molecule has 0 aliphatic carbocycles. The fraction of sp³-hybridized carbons (Fsp3) is 0.467. The van der Waals surface area contributed by atoms with Crippen LogP contribution >= 0.6 is 11.6 Å². The van der Waals surface area contributed by atoms with Gasteiger partial charge in [-0.15, -0.1) is 0 Å². The number of ether oxygens (including phenoxy) is 1. The molecule has 10 heteroatoms. The van der Waals surface area contributed by atoms with Gasteiger partial charge in [-0.3, -0.25) is 10.1 Å². The summed E-state index contributed by atoms with van der Waals surface area (Å²) in [5.41, 5.74) is -0.424. The third-order valence-corrected chi connectivity index (χ3v) is 2.75. The van der Waals surface area contributed by atoms with E-state index in [-0.39, 0.29) is 23.0 Å². The first-order chi connectivity index (χ1) is 11.4. The van der Waals surface area contributed by atoms with Gasteiger partial charge in [0.2, 0.25) is 5.91 Å². The Labute approximate surface area is 148 Å². The summed E-state index contributed by atoms with van der Waals surface area (Å²) in [5.74, 6) is -0.794. The van der Waals surface area contributed by atoms with Crippen LogP contribution in [0.15, 0.2) is 18.2 Å². The maximum absolute atomic E-state index is 12.3. The number of alkyl halides is 3. The molecule has 1 aromatic carbocycles. The number of urea groups is 1. The van der Waals surface area contributed by atoms with Gasteiger partial charge in [0, 0.05) is 10.6 Å². The minimum Gasteiger partial charge on any atom is -0.482 e. The van der Waals surface area contributed by atoms with Crippen molar-refractivity contribution in [3.05, 3.63) is 23.2 Å². The van der Waals surface area contributed by atoms with E-state index in [9.17, 15) is 22.8 Å². The number of hydrogen-bond donors (Lipinski definition) is 3. The van der Waals surface area contributed by atoms with Crippen LogP contribution in [0, 0.1) is 0 Å². The maximum atomic E-state index is 12.3. The van der Waals surface area contributed by atoms with Crippen molar-refractivity contribution in [3.63, 3.8) is 0 Å². The molecule has 6 nitrogen and oxygen atoms in total. The van der Waals surface area contributed by atoms with E-state index >= 15 is 0 Å². The van der Waals surface area contributed by atoms with Crippen LogP contribution in [0.1, 0.15) is 20.8 Å². The number of carbonyl (C=O) groups excluding carboxylic acids is 2. The van der Waals surface area contributed by atoms with Crippen LogP contribution < -0.4 is 20.7 Å². The molecule has 3 N–H and O–H groups in total. The van der Waals surface area contributed by atoms with Gasteiger partial charge in [0.1, 0.15) is 5.75 Å². The zero-order chi connectivity index (χ0) is 19.3. The monoisotopic (exact) mass is 381 g/mol. The van der Waals surface area contributed by atoms with E-state index < -0.39 is 30.3 Å². The van der Waals surface area contributed by atoms with Gasteiger partial charge in [-0.2, -0.15) is 13.2 Å². The molecule has 0 spiro atoms.